The summed E-state index contributed by atoms with van der Waals surface area (Å²) in [5.74, 6) is 0.105. The molecule has 4 nitrogen and oxygen atoms in total. The Labute approximate surface area is 123 Å². The molecule has 1 aliphatic carbocycles. The summed E-state index contributed by atoms with van der Waals surface area (Å²) < 4.78 is 6.05. The fraction of sp³-hybridized carbons (Fsp3) is 0.692. The topological polar surface area (TPSA) is 32.8 Å². The minimum absolute atomic E-state index is 0.105. The Kier molecular flexibility index (Phi) is 4.10. The Bertz CT molecular complexity index is 413. The Morgan fingerprint density at radius 3 is 2.63 bits per heavy atom. The number of amides is 1. The third-order valence-corrected chi connectivity index (χ3v) is 5.18. The second-order valence-electron chi connectivity index (χ2n) is 5.12. The molecule has 0 radical (unpaired) electrons. The molecule has 1 amide bonds. The molecular weight excluding hydrogens is 280 g/mol. The number of rotatable bonds is 2. The van der Waals surface area contributed by atoms with Crippen LogP contribution in [-0.4, -0.2) is 52.4 Å². The van der Waals surface area contributed by atoms with Gasteiger partial charge in [-0.3, -0.25) is 9.69 Å². The smallest absolute Gasteiger partial charge is 0.267 e. The molecular formula is C13H18N2O2S2. The lowest BCUT2D eigenvalue weighted by Crippen LogP contribution is -2.37. The lowest BCUT2D eigenvalue weighted by atomic mass is 10.2. The van der Waals surface area contributed by atoms with Gasteiger partial charge in [-0.15, -0.1) is 0 Å². The third kappa shape index (κ3) is 2.80. The van der Waals surface area contributed by atoms with Crippen molar-refractivity contribution in [2.24, 2.45) is 0 Å². The summed E-state index contributed by atoms with van der Waals surface area (Å²) in [4.78, 5) is 17.2. The van der Waals surface area contributed by atoms with Crippen LogP contribution in [0.25, 0.3) is 0 Å². The third-order valence-electron chi connectivity index (χ3n) is 3.86. The maximum atomic E-state index is 12.5. The highest BCUT2D eigenvalue weighted by molar-refractivity contribution is 8.26. The van der Waals surface area contributed by atoms with Crippen molar-refractivity contribution in [1.82, 2.24) is 9.80 Å². The number of carbonyl (C=O) groups excluding carboxylic acids is 1. The van der Waals surface area contributed by atoms with E-state index in [1.54, 1.807) is 0 Å². The number of ether oxygens (including phenoxy) is 1. The van der Waals surface area contributed by atoms with E-state index >= 15 is 0 Å². The van der Waals surface area contributed by atoms with Crippen LogP contribution in [0.15, 0.2) is 11.1 Å². The lowest BCUT2D eigenvalue weighted by Gasteiger charge is -2.25. The highest BCUT2D eigenvalue weighted by Gasteiger charge is 2.38. The number of morpholine rings is 1. The molecule has 1 saturated carbocycles. The normalized spacial score (nSPS) is 27.9. The zero-order valence-corrected chi connectivity index (χ0v) is 12.5. The first-order valence-corrected chi connectivity index (χ1v) is 8.07. The molecule has 0 atom stereocenters. The van der Waals surface area contributed by atoms with Gasteiger partial charge in [0.15, 0.2) is 0 Å². The van der Waals surface area contributed by atoms with Gasteiger partial charge in [0.2, 0.25) is 0 Å². The molecule has 0 spiro atoms. The van der Waals surface area contributed by atoms with Gasteiger partial charge >= 0.3 is 0 Å². The average molecular weight is 298 g/mol. The van der Waals surface area contributed by atoms with Crippen LogP contribution in [-0.2, 0) is 9.53 Å². The van der Waals surface area contributed by atoms with Crippen LogP contribution < -0.4 is 0 Å². The lowest BCUT2D eigenvalue weighted by molar-refractivity contribution is -0.123. The van der Waals surface area contributed by atoms with Crippen LogP contribution in [0.3, 0.4) is 0 Å². The minimum atomic E-state index is 0.105. The maximum absolute atomic E-state index is 12.5. The van der Waals surface area contributed by atoms with Gasteiger partial charge in [-0.2, -0.15) is 0 Å². The van der Waals surface area contributed by atoms with Crippen LogP contribution in [0.5, 0.6) is 0 Å². The molecule has 2 heterocycles. The molecule has 104 valence electrons. The summed E-state index contributed by atoms with van der Waals surface area (Å²) in [5.41, 5.74) is 0. The van der Waals surface area contributed by atoms with Crippen molar-refractivity contribution in [3.8, 4) is 0 Å². The average Bonchev–Trinajstić information content (AvgIpc) is 3.01. The number of thioether (sulfide) groups is 1. The van der Waals surface area contributed by atoms with Crippen LogP contribution in [0.1, 0.15) is 25.7 Å². The van der Waals surface area contributed by atoms with E-state index in [1.165, 1.54) is 24.6 Å². The summed E-state index contributed by atoms with van der Waals surface area (Å²) in [7, 11) is 0. The van der Waals surface area contributed by atoms with Crippen molar-refractivity contribution in [2.75, 3.05) is 26.3 Å². The van der Waals surface area contributed by atoms with Crippen LogP contribution in [0.2, 0.25) is 0 Å². The van der Waals surface area contributed by atoms with E-state index < -0.39 is 0 Å². The van der Waals surface area contributed by atoms with Gasteiger partial charge < -0.3 is 9.64 Å². The SMILES string of the molecule is O=C1/C(=C/N2CCOCC2)SC(=S)N1C1CCCC1. The van der Waals surface area contributed by atoms with E-state index in [4.69, 9.17) is 17.0 Å². The zero-order chi connectivity index (χ0) is 13.2. The molecule has 0 aromatic carbocycles. The standard InChI is InChI=1S/C13H18N2O2S2/c16-12-11(9-14-5-7-17-8-6-14)19-13(18)15(12)10-3-1-2-4-10/h9-10H,1-8H2/b11-9-. The van der Waals surface area contributed by atoms with Gasteiger partial charge in [-0.1, -0.05) is 36.8 Å². The number of nitrogens with zero attached hydrogens (tertiary/aromatic N) is 2. The minimum Gasteiger partial charge on any atom is -0.378 e. The first-order valence-electron chi connectivity index (χ1n) is 6.85. The van der Waals surface area contributed by atoms with E-state index in [0.717, 1.165) is 48.4 Å². The van der Waals surface area contributed by atoms with Crippen LogP contribution >= 0.6 is 24.0 Å². The molecule has 0 aromatic rings. The van der Waals surface area contributed by atoms with Gasteiger partial charge in [0.1, 0.15) is 4.32 Å². The van der Waals surface area contributed by atoms with E-state index in [0.29, 0.717) is 6.04 Å². The summed E-state index contributed by atoms with van der Waals surface area (Å²) in [5, 5.41) is 0. The molecule has 0 bridgehead atoms. The molecule has 6 heteroatoms. The predicted molar refractivity (Wildman–Crippen MR) is 79.8 cm³/mol. The fourth-order valence-electron chi connectivity index (χ4n) is 2.82. The highest BCUT2D eigenvalue weighted by Crippen LogP contribution is 2.37. The zero-order valence-electron chi connectivity index (χ0n) is 10.8. The van der Waals surface area contributed by atoms with Crippen molar-refractivity contribution in [1.29, 1.82) is 0 Å². The van der Waals surface area contributed by atoms with Crippen LogP contribution in [0, 0.1) is 0 Å². The molecule has 0 unspecified atom stereocenters. The van der Waals surface area contributed by atoms with Gasteiger partial charge in [0.25, 0.3) is 5.91 Å². The predicted octanol–water partition coefficient (Wildman–Crippen LogP) is 1.96. The molecule has 3 fully saturated rings. The number of thiocarbonyl (C=S) groups is 1. The van der Waals surface area contributed by atoms with Gasteiger partial charge in [-0.25, -0.2) is 0 Å². The first-order chi connectivity index (χ1) is 9.25. The largest absolute Gasteiger partial charge is 0.378 e. The number of hydrogen-bond acceptors (Lipinski definition) is 5. The Balaban J connectivity index is 1.72. The molecule has 0 aromatic heterocycles. The molecule has 2 saturated heterocycles. The quantitative estimate of drug-likeness (QED) is 0.575. The molecule has 0 N–H and O–H groups in total. The highest BCUT2D eigenvalue weighted by atomic mass is 32.2. The van der Waals surface area contributed by atoms with E-state index in [9.17, 15) is 4.79 Å². The second kappa shape index (κ2) is 5.81. The van der Waals surface area contributed by atoms with Gasteiger partial charge in [0, 0.05) is 25.3 Å². The van der Waals surface area contributed by atoms with Crippen molar-refractivity contribution >= 4 is 34.2 Å². The molecule has 19 heavy (non-hydrogen) atoms. The van der Waals surface area contributed by atoms with E-state index in [-0.39, 0.29) is 5.91 Å². The number of carbonyl (C=O) groups is 1. The second-order valence-corrected chi connectivity index (χ2v) is 6.80. The maximum Gasteiger partial charge on any atom is 0.267 e. The van der Waals surface area contributed by atoms with Crippen molar-refractivity contribution in [3.63, 3.8) is 0 Å². The van der Waals surface area contributed by atoms with E-state index in [2.05, 4.69) is 4.90 Å². The Morgan fingerprint density at radius 1 is 1.26 bits per heavy atom. The monoisotopic (exact) mass is 298 g/mol. The van der Waals surface area contributed by atoms with Gasteiger partial charge in [-0.05, 0) is 12.8 Å². The fourth-order valence-corrected chi connectivity index (χ4v) is 4.23. The summed E-state index contributed by atoms with van der Waals surface area (Å²) in [6.07, 6.45) is 6.58. The van der Waals surface area contributed by atoms with Crippen LogP contribution in [0.4, 0.5) is 0 Å². The summed E-state index contributed by atoms with van der Waals surface area (Å²) in [6, 6.07) is 0.336. The molecule has 2 aliphatic heterocycles. The van der Waals surface area contributed by atoms with Crippen molar-refractivity contribution < 1.29 is 9.53 Å². The Hall–Kier alpha value is -0.590. The Morgan fingerprint density at radius 2 is 1.95 bits per heavy atom. The summed E-state index contributed by atoms with van der Waals surface area (Å²) in [6.45, 7) is 3.18. The van der Waals surface area contributed by atoms with Gasteiger partial charge in [0.05, 0.1) is 18.1 Å². The number of hydrogen-bond donors (Lipinski definition) is 0. The van der Waals surface area contributed by atoms with Crippen molar-refractivity contribution in [2.45, 2.75) is 31.7 Å². The molecule has 3 rings (SSSR count). The van der Waals surface area contributed by atoms with E-state index in [1.807, 2.05) is 11.1 Å². The molecule has 3 aliphatic rings. The van der Waals surface area contributed by atoms with Crippen molar-refractivity contribution in [3.05, 3.63) is 11.1 Å². The first kappa shape index (κ1) is 13.4. The summed E-state index contributed by atoms with van der Waals surface area (Å²) >= 11 is 6.83.